The lowest BCUT2D eigenvalue weighted by molar-refractivity contribution is -0.115. The quantitative estimate of drug-likeness (QED) is 0.476. The normalized spacial score (nSPS) is 7.57. The van der Waals surface area contributed by atoms with Gasteiger partial charge in [-0.25, -0.2) is 0 Å². The van der Waals surface area contributed by atoms with E-state index in [4.69, 9.17) is 5.73 Å². The van der Waals surface area contributed by atoms with Crippen LogP contribution < -0.4 is 5.73 Å². The SMILES string of the molecule is C=C(N)N(C)C=O. The van der Waals surface area contributed by atoms with Crippen molar-refractivity contribution in [1.29, 1.82) is 0 Å². The molecule has 0 aliphatic carbocycles. The Morgan fingerprint density at radius 3 is 2.43 bits per heavy atom. The smallest absolute Gasteiger partial charge is 0.214 e. The fourth-order valence-corrected chi connectivity index (χ4v) is 0.0677. The second kappa shape index (κ2) is 2.23. The monoisotopic (exact) mass is 100 g/mol. The van der Waals surface area contributed by atoms with Gasteiger partial charge in [0.05, 0.1) is 5.82 Å². The van der Waals surface area contributed by atoms with Crippen LogP contribution in [0.2, 0.25) is 0 Å². The minimum Gasteiger partial charge on any atom is -0.386 e. The third-order valence-electron chi connectivity index (χ3n) is 0.611. The van der Waals surface area contributed by atoms with Gasteiger partial charge in [0.15, 0.2) is 0 Å². The van der Waals surface area contributed by atoms with E-state index < -0.39 is 0 Å². The van der Waals surface area contributed by atoms with Crippen molar-refractivity contribution in [2.45, 2.75) is 0 Å². The number of amides is 1. The lowest BCUT2D eigenvalue weighted by Gasteiger charge is -2.06. The standard InChI is InChI=1S/C4H8N2O/c1-4(5)6(2)3-7/h3H,1,5H2,2H3. The van der Waals surface area contributed by atoms with E-state index in [1.54, 1.807) is 0 Å². The van der Waals surface area contributed by atoms with Crippen LogP contribution in [0, 0.1) is 0 Å². The highest BCUT2D eigenvalue weighted by Crippen LogP contribution is 1.78. The van der Waals surface area contributed by atoms with Crippen LogP contribution in [0.1, 0.15) is 0 Å². The zero-order valence-corrected chi connectivity index (χ0v) is 4.22. The van der Waals surface area contributed by atoms with E-state index in [2.05, 4.69) is 6.58 Å². The molecule has 0 aromatic rings. The Kier molecular flexibility index (Phi) is 1.91. The van der Waals surface area contributed by atoms with Gasteiger partial charge in [-0.1, -0.05) is 6.58 Å². The number of rotatable bonds is 2. The molecule has 0 saturated heterocycles. The largest absolute Gasteiger partial charge is 0.386 e. The summed E-state index contributed by atoms with van der Waals surface area (Å²) in [5.74, 6) is 0.259. The highest BCUT2D eigenvalue weighted by Gasteiger charge is 1.87. The Balaban J connectivity index is 3.55. The minimum atomic E-state index is 0.259. The van der Waals surface area contributed by atoms with E-state index in [-0.39, 0.29) is 5.82 Å². The Labute approximate surface area is 42.4 Å². The van der Waals surface area contributed by atoms with Crippen LogP contribution in [-0.4, -0.2) is 18.4 Å². The van der Waals surface area contributed by atoms with Crippen molar-refractivity contribution in [2.24, 2.45) is 5.73 Å². The zero-order valence-electron chi connectivity index (χ0n) is 4.22. The van der Waals surface area contributed by atoms with Crippen LogP contribution in [0.4, 0.5) is 0 Å². The van der Waals surface area contributed by atoms with Gasteiger partial charge in [-0.15, -0.1) is 0 Å². The van der Waals surface area contributed by atoms with Crippen LogP contribution in [0.15, 0.2) is 12.4 Å². The molecule has 0 saturated carbocycles. The summed E-state index contributed by atoms with van der Waals surface area (Å²) in [6, 6.07) is 0. The van der Waals surface area contributed by atoms with E-state index in [1.165, 1.54) is 11.9 Å². The first kappa shape index (κ1) is 6.01. The highest BCUT2D eigenvalue weighted by molar-refractivity contribution is 5.49. The number of carbonyl (C=O) groups excluding carboxylic acids is 1. The summed E-state index contributed by atoms with van der Waals surface area (Å²) >= 11 is 0. The Hall–Kier alpha value is -0.990. The van der Waals surface area contributed by atoms with E-state index >= 15 is 0 Å². The molecule has 0 radical (unpaired) electrons. The average molecular weight is 100 g/mol. The lowest BCUT2D eigenvalue weighted by Crippen LogP contribution is -2.19. The molecule has 0 aliphatic rings. The maximum atomic E-state index is 9.73. The maximum Gasteiger partial charge on any atom is 0.214 e. The molecule has 7 heavy (non-hydrogen) atoms. The first-order valence-corrected chi connectivity index (χ1v) is 1.81. The van der Waals surface area contributed by atoms with Gasteiger partial charge in [0.25, 0.3) is 0 Å². The average Bonchev–Trinajstić information content (AvgIpc) is 1.65. The van der Waals surface area contributed by atoms with Crippen molar-refractivity contribution in [3.05, 3.63) is 12.4 Å². The molecule has 0 aromatic heterocycles. The summed E-state index contributed by atoms with van der Waals surface area (Å²) in [6.45, 7) is 3.30. The van der Waals surface area contributed by atoms with Crippen LogP contribution >= 0.6 is 0 Å². The Bertz CT molecular complexity index is 89.7. The van der Waals surface area contributed by atoms with Crippen molar-refractivity contribution < 1.29 is 4.79 Å². The van der Waals surface area contributed by atoms with Crippen LogP contribution in [-0.2, 0) is 4.79 Å². The first-order chi connectivity index (χ1) is 3.18. The molecule has 3 heteroatoms. The second-order valence-corrected chi connectivity index (χ2v) is 1.21. The first-order valence-electron chi connectivity index (χ1n) is 1.81. The summed E-state index contributed by atoms with van der Waals surface area (Å²) < 4.78 is 0. The van der Waals surface area contributed by atoms with Crippen molar-refractivity contribution in [2.75, 3.05) is 7.05 Å². The molecule has 1 amide bonds. The number of carbonyl (C=O) groups is 1. The predicted octanol–water partition coefficient (Wildman–Crippen LogP) is -0.496. The highest BCUT2D eigenvalue weighted by atomic mass is 16.1. The Morgan fingerprint density at radius 2 is 2.43 bits per heavy atom. The molecule has 0 rings (SSSR count). The fraction of sp³-hybridized carbons (Fsp3) is 0.250. The molecule has 0 atom stereocenters. The van der Waals surface area contributed by atoms with Gasteiger partial charge in [-0.3, -0.25) is 4.79 Å². The van der Waals surface area contributed by atoms with Crippen molar-refractivity contribution in [1.82, 2.24) is 4.90 Å². The van der Waals surface area contributed by atoms with Crippen molar-refractivity contribution in [3.63, 3.8) is 0 Å². The van der Waals surface area contributed by atoms with Crippen LogP contribution in [0.3, 0.4) is 0 Å². The molecular formula is C4H8N2O. The molecule has 3 nitrogen and oxygen atoms in total. The molecule has 40 valence electrons. The summed E-state index contributed by atoms with van der Waals surface area (Å²) in [4.78, 5) is 10.9. The molecule has 0 unspecified atom stereocenters. The van der Waals surface area contributed by atoms with Gasteiger partial charge >= 0.3 is 0 Å². The fourth-order valence-electron chi connectivity index (χ4n) is 0.0677. The summed E-state index contributed by atoms with van der Waals surface area (Å²) in [6.07, 6.45) is 0.600. The molecule has 0 aromatic carbocycles. The molecule has 0 aliphatic heterocycles. The van der Waals surface area contributed by atoms with E-state index in [0.717, 1.165) is 0 Å². The molecular weight excluding hydrogens is 92.1 g/mol. The van der Waals surface area contributed by atoms with Crippen molar-refractivity contribution in [3.8, 4) is 0 Å². The van der Waals surface area contributed by atoms with Crippen LogP contribution in [0.25, 0.3) is 0 Å². The topological polar surface area (TPSA) is 46.3 Å². The Morgan fingerprint density at radius 1 is 2.00 bits per heavy atom. The molecule has 0 bridgehead atoms. The van der Waals surface area contributed by atoms with Gasteiger partial charge in [0.2, 0.25) is 6.41 Å². The molecule has 0 heterocycles. The van der Waals surface area contributed by atoms with Gasteiger partial charge in [-0.2, -0.15) is 0 Å². The minimum absolute atomic E-state index is 0.259. The second-order valence-electron chi connectivity index (χ2n) is 1.21. The summed E-state index contributed by atoms with van der Waals surface area (Å²) in [5.41, 5.74) is 5.05. The molecule has 0 fully saturated rings. The maximum absolute atomic E-state index is 9.73. The van der Waals surface area contributed by atoms with E-state index in [0.29, 0.717) is 6.41 Å². The summed E-state index contributed by atoms with van der Waals surface area (Å²) in [7, 11) is 1.54. The van der Waals surface area contributed by atoms with Gasteiger partial charge in [-0.05, 0) is 0 Å². The number of nitrogens with two attached hydrogens (primary N) is 1. The number of hydrogen-bond donors (Lipinski definition) is 1. The van der Waals surface area contributed by atoms with E-state index in [1.807, 2.05) is 0 Å². The van der Waals surface area contributed by atoms with Gasteiger partial charge in [0.1, 0.15) is 0 Å². The number of nitrogens with zero attached hydrogens (tertiary/aromatic N) is 1. The zero-order chi connectivity index (χ0) is 5.86. The van der Waals surface area contributed by atoms with Crippen molar-refractivity contribution >= 4 is 6.41 Å². The predicted molar refractivity (Wildman–Crippen MR) is 27.2 cm³/mol. The lowest BCUT2D eigenvalue weighted by atomic mass is 10.7. The third-order valence-corrected chi connectivity index (χ3v) is 0.611. The number of hydrogen-bond acceptors (Lipinski definition) is 2. The molecule has 2 N–H and O–H groups in total. The van der Waals surface area contributed by atoms with Gasteiger partial charge in [0, 0.05) is 7.05 Å². The van der Waals surface area contributed by atoms with Crippen LogP contribution in [0.5, 0.6) is 0 Å². The summed E-state index contributed by atoms with van der Waals surface area (Å²) in [5, 5.41) is 0. The van der Waals surface area contributed by atoms with E-state index in [9.17, 15) is 4.79 Å². The molecule has 0 spiro atoms. The van der Waals surface area contributed by atoms with Gasteiger partial charge < -0.3 is 10.6 Å². The third kappa shape index (κ3) is 1.81.